The molecular weight excluding hydrogens is 206 g/mol. The largest absolute Gasteiger partial charge is 0.316 e. The molecule has 0 bridgehead atoms. The molecule has 88 valence electrons. The van der Waals surface area contributed by atoms with E-state index in [1.165, 1.54) is 25.7 Å². The summed E-state index contributed by atoms with van der Waals surface area (Å²) in [7, 11) is 0. The van der Waals surface area contributed by atoms with E-state index in [0.717, 1.165) is 5.92 Å². The maximum Gasteiger partial charge on any atom is 0.316 e. The summed E-state index contributed by atoms with van der Waals surface area (Å²) in [4.78, 5) is 26.0. The number of hydrogen-bond donors (Lipinski definition) is 2. The van der Waals surface area contributed by atoms with Crippen molar-refractivity contribution in [1.82, 2.24) is 10.6 Å². The van der Waals surface area contributed by atoms with E-state index >= 15 is 0 Å². The Morgan fingerprint density at radius 2 is 1.94 bits per heavy atom. The summed E-state index contributed by atoms with van der Waals surface area (Å²) in [5.41, 5.74) is 0. The Balaban J connectivity index is 1.84. The van der Waals surface area contributed by atoms with Gasteiger partial charge in [-0.25, -0.2) is 0 Å². The molecule has 2 aliphatic rings. The highest BCUT2D eigenvalue weighted by molar-refractivity contribution is 6.45. The normalized spacial score (nSPS) is 29.9. The van der Waals surface area contributed by atoms with E-state index in [9.17, 15) is 9.59 Å². The van der Waals surface area contributed by atoms with Crippen molar-refractivity contribution < 1.29 is 9.59 Å². The molecule has 16 heavy (non-hydrogen) atoms. The Morgan fingerprint density at radius 1 is 1.25 bits per heavy atom. The van der Waals surface area contributed by atoms with Gasteiger partial charge < -0.3 is 0 Å². The van der Waals surface area contributed by atoms with Crippen LogP contribution in [0, 0.1) is 11.8 Å². The van der Waals surface area contributed by atoms with Crippen LogP contribution in [0.2, 0.25) is 0 Å². The maximum absolute atomic E-state index is 10.9. The highest BCUT2D eigenvalue weighted by atomic mass is 16.2. The van der Waals surface area contributed by atoms with Crippen molar-refractivity contribution in [3.63, 3.8) is 0 Å². The Kier molecular flexibility index (Phi) is 3.22. The minimum Gasteiger partial charge on any atom is -0.288 e. The monoisotopic (exact) mass is 223 g/mol. The summed E-state index contributed by atoms with van der Waals surface area (Å²) in [6.07, 6.45) is 4.96. The summed E-state index contributed by atoms with van der Waals surface area (Å²) in [6.45, 7) is 2.96. The van der Waals surface area contributed by atoms with E-state index in [1.54, 1.807) is 0 Å². The molecule has 0 spiro atoms. The molecule has 0 aromatic carbocycles. The van der Waals surface area contributed by atoms with Crippen molar-refractivity contribution in [1.29, 1.82) is 0 Å². The van der Waals surface area contributed by atoms with Gasteiger partial charge in [-0.3, -0.25) is 25.2 Å². The lowest BCUT2D eigenvalue weighted by Gasteiger charge is -2.25. The van der Waals surface area contributed by atoms with Crippen LogP contribution in [0.4, 0.5) is 0 Å². The van der Waals surface area contributed by atoms with Crippen molar-refractivity contribution in [2.24, 2.45) is 16.8 Å². The van der Waals surface area contributed by atoms with E-state index in [4.69, 9.17) is 0 Å². The molecule has 5 nitrogen and oxygen atoms in total. The molecule has 2 unspecified atom stereocenters. The molecule has 1 saturated heterocycles. The van der Waals surface area contributed by atoms with Crippen LogP contribution in [0.3, 0.4) is 0 Å². The molecule has 1 heterocycles. The minimum atomic E-state index is -0.615. The smallest absolute Gasteiger partial charge is 0.288 e. The Labute approximate surface area is 94.7 Å². The predicted molar refractivity (Wildman–Crippen MR) is 59.7 cm³/mol. The zero-order valence-electron chi connectivity index (χ0n) is 9.45. The third-order valence-corrected chi connectivity index (χ3v) is 3.22. The predicted octanol–water partition coefficient (Wildman–Crippen LogP) is 0.415. The van der Waals surface area contributed by atoms with Gasteiger partial charge in [-0.1, -0.05) is 19.8 Å². The van der Waals surface area contributed by atoms with Gasteiger partial charge in [-0.15, -0.1) is 0 Å². The van der Waals surface area contributed by atoms with Crippen molar-refractivity contribution in [2.75, 3.05) is 6.54 Å². The summed E-state index contributed by atoms with van der Waals surface area (Å²) in [5.74, 6) is 0.442. The van der Waals surface area contributed by atoms with E-state index in [2.05, 4.69) is 22.5 Å². The Bertz CT molecular complexity index is 320. The van der Waals surface area contributed by atoms with Gasteiger partial charge in [0.1, 0.15) is 0 Å². The molecule has 0 radical (unpaired) electrons. The molecular formula is C11H17N3O2. The van der Waals surface area contributed by atoms with Crippen LogP contribution in [0.25, 0.3) is 0 Å². The van der Waals surface area contributed by atoms with E-state index in [0.29, 0.717) is 18.4 Å². The Morgan fingerprint density at radius 3 is 2.56 bits per heavy atom. The SMILES string of the molecule is CC1CCCC(CN=C2NC(=O)C(=O)N2)C1. The number of aliphatic imine (C=N–C) groups is 1. The third-order valence-electron chi connectivity index (χ3n) is 3.22. The second kappa shape index (κ2) is 4.63. The molecule has 0 aromatic heterocycles. The summed E-state index contributed by atoms with van der Waals surface area (Å²) >= 11 is 0. The number of rotatable bonds is 2. The van der Waals surface area contributed by atoms with Gasteiger partial charge in [-0.2, -0.15) is 0 Å². The molecule has 5 heteroatoms. The van der Waals surface area contributed by atoms with Gasteiger partial charge in [0.2, 0.25) is 5.96 Å². The molecule has 2 atom stereocenters. The number of carbonyl (C=O) groups excluding carboxylic acids is 2. The number of hydrogen-bond acceptors (Lipinski definition) is 3. The van der Waals surface area contributed by atoms with Crippen molar-refractivity contribution in [2.45, 2.75) is 32.6 Å². The van der Waals surface area contributed by atoms with Crippen molar-refractivity contribution in [3.8, 4) is 0 Å². The summed E-state index contributed by atoms with van der Waals surface area (Å²) < 4.78 is 0. The average Bonchev–Trinajstić information content (AvgIpc) is 2.56. The highest BCUT2D eigenvalue weighted by Crippen LogP contribution is 2.28. The van der Waals surface area contributed by atoms with Gasteiger partial charge in [0.05, 0.1) is 0 Å². The zero-order chi connectivity index (χ0) is 11.5. The average molecular weight is 223 g/mol. The van der Waals surface area contributed by atoms with Crippen molar-refractivity contribution in [3.05, 3.63) is 0 Å². The summed E-state index contributed by atoms with van der Waals surface area (Å²) in [6, 6.07) is 0. The second-order valence-electron chi connectivity index (χ2n) is 4.74. The fourth-order valence-corrected chi connectivity index (χ4v) is 2.38. The first-order valence-corrected chi connectivity index (χ1v) is 5.82. The lowest BCUT2D eigenvalue weighted by atomic mass is 9.82. The molecule has 0 aromatic rings. The molecule has 2 fully saturated rings. The van der Waals surface area contributed by atoms with E-state index < -0.39 is 11.8 Å². The Hall–Kier alpha value is -1.39. The third kappa shape index (κ3) is 2.59. The quantitative estimate of drug-likeness (QED) is 0.666. The first-order valence-electron chi connectivity index (χ1n) is 5.82. The fraction of sp³-hybridized carbons (Fsp3) is 0.727. The number of nitrogens with zero attached hydrogens (tertiary/aromatic N) is 1. The van der Waals surface area contributed by atoms with E-state index in [1.807, 2.05) is 0 Å². The standard InChI is InChI=1S/C11H17N3O2/c1-7-3-2-4-8(5-7)6-12-11-13-9(15)10(16)14-11/h7-8H,2-6H2,1H3,(H2,12,13,14,15,16). The number of guanidine groups is 1. The van der Waals surface area contributed by atoms with Gasteiger partial charge >= 0.3 is 11.8 Å². The molecule has 1 saturated carbocycles. The topological polar surface area (TPSA) is 70.6 Å². The lowest BCUT2D eigenvalue weighted by Crippen LogP contribution is -2.27. The first kappa shape index (κ1) is 11.1. The zero-order valence-corrected chi connectivity index (χ0v) is 9.45. The fourth-order valence-electron chi connectivity index (χ4n) is 2.38. The minimum absolute atomic E-state index is 0.313. The van der Waals surface area contributed by atoms with Crippen LogP contribution in [0.1, 0.15) is 32.6 Å². The van der Waals surface area contributed by atoms with Crippen LogP contribution in [-0.2, 0) is 9.59 Å². The van der Waals surface area contributed by atoms with Crippen LogP contribution in [-0.4, -0.2) is 24.3 Å². The van der Waals surface area contributed by atoms with Gasteiger partial charge in [-0.05, 0) is 24.7 Å². The molecule has 1 aliphatic heterocycles. The number of carbonyl (C=O) groups is 2. The molecule has 2 amide bonds. The molecule has 1 aliphatic carbocycles. The van der Waals surface area contributed by atoms with Crippen LogP contribution in [0.5, 0.6) is 0 Å². The summed E-state index contributed by atoms with van der Waals surface area (Å²) in [5, 5.41) is 4.81. The molecule has 2 N–H and O–H groups in total. The van der Waals surface area contributed by atoms with Gasteiger partial charge in [0.25, 0.3) is 0 Å². The molecule has 2 rings (SSSR count). The van der Waals surface area contributed by atoms with Crippen LogP contribution >= 0.6 is 0 Å². The van der Waals surface area contributed by atoms with Crippen LogP contribution in [0.15, 0.2) is 4.99 Å². The second-order valence-corrected chi connectivity index (χ2v) is 4.74. The number of amides is 2. The first-order chi connectivity index (χ1) is 7.65. The van der Waals surface area contributed by atoms with Crippen molar-refractivity contribution >= 4 is 17.8 Å². The number of nitrogens with one attached hydrogen (secondary N) is 2. The van der Waals surface area contributed by atoms with Crippen LogP contribution < -0.4 is 10.6 Å². The van der Waals surface area contributed by atoms with E-state index in [-0.39, 0.29) is 0 Å². The highest BCUT2D eigenvalue weighted by Gasteiger charge is 2.25. The maximum atomic E-state index is 10.9. The lowest BCUT2D eigenvalue weighted by molar-refractivity contribution is -0.135. The van der Waals surface area contributed by atoms with Gasteiger partial charge in [0, 0.05) is 6.54 Å². The van der Waals surface area contributed by atoms with Gasteiger partial charge in [0.15, 0.2) is 0 Å².